The Bertz CT molecular complexity index is 1040. The van der Waals surface area contributed by atoms with Gasteiger partial charge in [-0.25, -0.2) is 0 Å². The summed E-state index contributed by atoms with van der Waals surface area (Å²) in [4.78, 5) is 32.0. The first kappa shape index (κ1) is 19.5. The summed E-state index contributed by atoms with van der Waals surface area (Å²) in [5, 5.41) is 2.71. The molecular weight excluding hydrogens is 350 g/mol. The van der Waals surface area contributed by atoms with E-state index >= 15 is 0 Å². The van der Waals surface area contributed by atoms with Gasteiger partial charge >= 0.3 is 0 Å². The molecule has 144 valence electrons. The summed E-state index contributed by atoms with van der Waals surface area (Å²) in [6.45, 7) is 8.40. The van der Waals surface area contributed by atoms with E-state index in [1.165, 1.54) is 0 Å². The van der Waals surface area contributed by atoms with Crippen molar-refractivity contribution < 1.29 is 4.79 Å². The number of rotatable bonds is 4. The Hall–Kier alpha value is -3.21. The molecule has 2 N–H and O–H groups in total. The van der Waals surface area contributed by atoms with Gasteiger partial charge in [0.1, 0.15) is 5.69 Å². The summed E-state index contributed by atoms with van der Waals surface area (Å²) in [5.41, 5.74) is 3.97. The highest BCUT2D eigenvalue weighted by molar-refractivity contribution is 6.04. The van der Waals surface area contributed by atoms with Crippen molar-refractivity contribution in [3.63, 3.8) is 0 Å². The van der Waals surface area contributed by atoms with Crippen molar-refractivity contribution in [2.75, 3.05) is 5.32 Å². The highest BCUT2D eigenvalue weighted by Crippen LogP contribution is 2.23. The fourth-order valence-electron chi connectivity index (χ4n) is 2.88. The second-order valence-corrected chi connectivity index (χ2v) is 7.78. The van der Waals surface area contributed by atoms with E-state index in [4.69, 9.17) is 0 Å². The molecule has 0 bridgehead atoms. The number of aromatic amines is 1. The van der Waals surface area contributed by atoms with Crippen molar-refractivity contribution >= 4 is 11.6 Å². The van der Waals surface area contributed by atoms with Crippen LogP contribution < -0.4 is 10.9 Å². The van der Waals surface area contributed by atoms with E-state index in [1.54, 1.807) is 24.4 Å². The molecule has 1 amide bonds. The zero-order valence-electron chi connectivity index (χ0n) is 16.7. The van der Waals surface area contributed by atoms with Crippen molar-refractivity contribution in [1.82, 2.24) is 9.97 Å². The molecule has 5 heteroatoms. The van der Waals surface area contributed by atoms with Crippen LogP contribution in [0.5, 0.6) is 0 Å². The van der Waals surface area contributed by atoms with Crippen LogP contribution in [0.25, 0.3) is 11.3 Å². The molecule has 2 aromatic heterocycles. The molecule has 0 aliphatic carbocycles. The van der Waals surface area contributed by atoms with Crippen LogP contribution >= 0.6 is 0 Å². The van der Waals surface area contributed by atoms with E-state index in [1.807, 2.05) is 37.3 Å². The lowest BCUT2D eigenvalue weighted by Gasteiger charge is -2.19. The van der Waals surface area contributed by atoms with Crippen LogP contribution in [0, 0.1) is 0 Å². The van der Waals surface area contributed by atoms with Crippen molar-refractivity contribution in [2.45, 2.75) is 39.5 Å². The minimum absolute atomic E-state index is 0.0144. The second kappa shape index (κ2) is 7.80. The van der Waals surface area contributed by atoms with E-state index in [0.717, 1.165) is 28.9 Å². The first-order chi connectivity index (χ1) is 13.3. The smallest absolute Gasteiger partial charge is 0.271 e. The van der Waals surface area contributed by atoms with Crippen LogP contribution in [-0.4, -0.2) is 15.9 Å². The Kier molecular flexibility index (Phi) is 5.45. The Balaban J connectivity index is 1.85. The molecular formula is C23H25N3O2. The molecule has 0 atom stereocenters. The number of hydrogen-bond donors (Lipinski definition) is 2. The lowest BCUT2D eigenvalue weighted by atomic mass is 9.87. The molecule has 1 aromatic carbocycles. The van der Waals surface area contributed by atoms with Gasteiger partial charge in [0, 0.05) is 23.0 Å². The number of hydrogen-bond acceptors (Lipinski definition) is 3. The molecule has 28 heavy (non-hydrogen) atoms. The second-order valence-electron chi connectivity index (χ2n) is 7.78. The minimum Gasteiger partial charge on any atom is -0.327 e. The van der Waals surface area contributed by atoms with Crippen molar-refractivity contribution in [3.05, 3.63) is 81.9 Å². The maximum atomic E-state index is 12.6. The molecule has 0 spiro atoms. The first-order valence-corrected chi connectivity index (χ1v) is 9.39. The average Bonchev–Trinajstić information content (AvgIpc) is 2.69. The van der Waals surface area contributed by atoms with Crippen LogP contribution in [0.15, 0.2) is 59.5 Å². The number of carbonyl (C=O) groups is 1. The molecule has 0 aliphatic heterocycles. The summed E-state index contributed by atoms with van der Waals surface area (Å²) in [6.07, 6.45) is 2.43. The molecule has 0 radical (unpaired) electrons. The number of carbonyl (C=O) groups excluding carboxylic acids is 1. The normalized spacial score (nSPS) is 11.3. The summed E-state index contributed by atoms with van der Waals surface area (Å²) < 4.78 is 0. The SMILES string of the molecule is CCc1cccc(-c2c[nH]c(=O)c(NC(=O)c3ccc(C(C)(C)C)cc3)c2)n1. The van der Waals surface area contributed by atoms with Gasteiger partial charge in [-0.2, -0.15) is 0 Å². The van der Waals surface area contributed by atoms with Crippen LogP contribution in [0.1, 0.15) is 49.3 Å². The van der Waals surface area contributed by atoms with Gasteiger partial charge in [-0.3, -0.25) is 14.6 Å². The standard InChI is InChI=1S/C23H25N3O2/c1-5-18-7-6-8-19(25-18)16-13-20(22(28)24-14-16)26-21(27)15-9-11-17(12-10-15)23(2,3)4/h6-14H,5H2,1-4H3,(H,24,28)(H,26,27). The summed E-state index contributed by atoms with van der Waals surface area (Å²) in [5.74, 6) is -0.321. The van der Waals surface area contributed by atoms with Crippen molar-refractivity contribution in [1.29, 1.82) is 0 Å². The van der Waals surface area contributed by atoms with E-state index in [-0.39, 0.29) is 22.6 Å². The van der Waals surface area contributed by atoms with E-state index in [9.17, 15) is 9.59 Å². The Morgan fingerprint density at radius 3 is 2.46 bits per heavy atom. The van der Waals surface area contributed by atoms with E-state index in [2.05, 4.69) is 36.1 Å². The Morgan fingerprint density at radius 1 is 1.11 bits per heavy atom. The molecule has 0 unspecified atom stereocenters. The number of nitrogens with zero attached hydrogens (tertiary/aromatic N) is 1. The predicted octanol–water partition coefficient (Wildman–Crippen LogP) is 4.55. The average molecular weight is 375 g/mol. The van der Waals surface area contributed by atoms with Crippen molar-refractivity contribution in [3.8, 4) is 11.3 Å². The van der Waals surface area contributed by atoms with Crippen molar-refractivity contribution in [2.24, 2.45) is 0 Å². The Morgan fingerprint density at radius 2 is 1.82 bits per heavy atom. The van der Waals surface area contributed by atoms with Gasteiger partial charge in [-0.1, -0.05) is 45.9 Å². The third-order valence-electron chi connectivity index (χ3n) is 4.63. The van der Waals surface area contributed by atoms with Gasteiger partial charge in [-0.15, -0.1) is 0 Å². The van der Waals surface area contributed by atoms with E-state index < -0.39 is 0 Å². The van der Waals surface area contributed by atoms with Crippen LogP contribution in [-0.2, 0) is 11.8 Å². The number of aryl methyl sites for hydroxylation is 1. The topological polar surface area (TPSA) is 74.8 Å². The molecule has 3 aromatic rings. The van der Waals surface area contributed by atoms with Gasteiger partial charge in [0.05, 0.1) is 5.69 Å². The third-order valence-corrected chi connectivity index (χ3v) is 4.63. The number of H-pyrrole nitrogens is 1. The highest BCUT2D eigenvalue weighted by Gasteiger charge is 2.15. The largest absolute Gasteiger partial charge is 0.327 e. The van der Waals surface area contributed by atoms with Gasteiger partial charge in [0.2, 0.25) is 0 Å². The fourth-order valence-corrected chi connectivity index (χ4v) is 2.88. The summed E-state index contributed by atoms with van der Waals surface area (Å²) in [6, 6.07) is 14.9. The number of benzene rings is 1. The third kappa shape index (κ3) is 4.36. The van der Waals surface area contributed by atoms with E-state index in [0.29, 0.717) is 5.56 Å². The maximum Gasteiger partial charge on any atom is 0.271 e. The molecule has 0 fully saturated rings. The van der Waals surface area contributed by atoms with Crippen LogP contribution in [0.2, 0.25) is 0 Å². The quantitative estimate of drug-likeness (QED) is 0.702. The minimum atomic E-state index is -0.352. The number of amides is 1. The summed E-state index contributed by atoms with van der Waals surface area (Å²) in [7, 11) is 0. The van der Waals surface area contributed by atoms with Gasteiger partial charge in [0.25, 0.3) is 11.5 Å². The van der Waals surface area contributed by atoms with Gasteiger partial charge < -0.3 is 10.3 Å². The Labute approximate surface area is 164 Å². The number of pyridine rings is 2. The molecule has 0 aliphatic rings. The molecule has 5 nitrogen and oxygen atoms in total. The lowest BCUT2D eigenvalue weighted by Crippen LogP contribution is -2.20. The molecule has 2 heterocycles. The van der Waals surface area contributed by atoms with Crippen LogP contribution in [0.4, 0.5) is 5.69 Å². The monoisotopic (exact) mass is 375 g/mol. The number of aromatic nitrogens is 2. The number of anilines is 1. The highest BCUT2D eigenvalue weighted by atomic mass is 16.2. The zero-order chi connectivity index (χ0) is 20.3. The molecule has 0 saturated heterocycles. The number of nitrogens with one attached hydrogen (secondary N) is 2. The van der Waals surface area contributed by atoms with Crippen LogP contribution in [0.3, 0.4) is 0 Å². The fraction of sp³-hybridized carbons (Fsp3) is 0.261. The zero-order valence-corrected chi connectivity index (χ0v) is 16.7. The predicted molar refractivity (Wildman–Crippen MR) is 113 cm³/mol. The molecule has 3 rings (SSSR count). The molecule has 0 saturated carbocycles. The first-order valence-electron chi connectivity index (χ1n) is 9.39. The van der Waals surface area contributed by atoms with Gasteiger partial charge in [0.15, 0.2) is 0 Å². The summed E-state index contributed by atoms with van der Waals surface area (Å²) >= 11 is 0. The lowest BCUT2D eigenvalue weighted by molar-refractivity contribution is 0.102. The maximum absolute atomic E-state index is 12.6. The van der Waals surface area contributed by atoms with Gasteiger partial charge in [-0.05, 0) is 47.7 Å².